The minimum atomic E-state index is -0.369. The fourth-order valence-corrected chi connectivity index (χ4v) is 3.97. The summed E-state index contributed by atoms with van der Waals surface area (Å²) < 4.78 is 21.9. The van der Waals surface area contributed by atoms with Crippen LogP contribution in [0.25, 0.3) is 11.4 Å². The van der Waals surface area contributed by atoms with Gasteiger partial charge in [-0.1, -0.05) is 72.4 Å². The summed E-state index contributed by atoms with van der Waals surface area (Å²) in [5, 5.41) is 11.9. The highest BCUT2D eigenvalue weighted by Crippen LogP contribution is 2.26. The van der Waals surface area contributed by atoms with Crippen LogP contribution in [0.1, 0.15) is 5.56 Å². The van der Waals surface area contributed by atoms with E-state index < -0.39 is 0 Å². The summed E-state index contributed by atoms with van der Waals surface area (Å²) in [7, 11) is 0. The number of carbonyl (C=O) groups is 1. The van der Waals surface area contributed by atoms with Crippen LogP contribution in [0.4, 0.5) is 4.39 Å². The van der Waals surface area contributed by atoms with E-state index in [1.165, 1.54) is 17.8 Å². The van der Waals surface area contributed by atoms with E-state index in [9.17, 15) is 9.18 Å². The van der Waals surface area contributed by atoms with Crippen molar-refractivity contribution in [1.82, 2.24) is 20.1 Å². The second kappa shape index (κ2) is 11.3. The molecule has 0 aliphatic rings. The molecule has 0 atom stereocenters. The zero-order chi connectivity index (χ0) is 22.9. The molecule has 8 heteroatoms. The second-order valence-corrected chi connectivity index (χ2v) is 8.10. The van der Waals surface area contributed by atoms with Gasteiger partial charge in [0.25, 0.3) is 0 Å². The molecule has 0 radical (unpaired) electrons. The van der Waals surface area contributed by atoms with Crippen LogP contribution >= 0.6 is 11.8 Å². The lowest BCUT2D eigenvalue weighted by molar-refractivity contribution is -0.118. The third kappa shape index (κ3) is 6.20. The van der Waals surface area contributed by atoms with E-state index in [0.717, 1.165) is 11.3 Å². The Morgan fingerprint density at radius 1 is 0.939 bits per heavy atom. The molecule has 0 saturated heterocycles. The molecular weight excluding hydrogens is 439 g/mol. The van der Waals surface area contributed by atoms with Gasteiger partial charge in [0, 0.05) is 0 Å². The monoisotopic (exact) mass is 462 g/mol. The number of nitrogens with zero attached hydrogens (tertiary/aromatic N) is 3. The molecule has 4 aromatic rings. The zero-order valence-corrected chi connectivity index (χ0v) is 18.7. The number of halogens is 1. The molecule has 0 fully saturated rings. The maximum atomic E-state index is 14.4. The molecule has 1 aromatic heterocycles. The van der Waals surface area contributed by atoms with Crippen LogP contribution in [-0.4, -0.2) is 39.6 Å². The van der Waals surface area contributed by atoms with Crippen molar-refractivity contribution in [1.29, 1.82) is 0 Å². The van der Waals surface area contributed by atoms with Crippen molar-refractivity contribution in [3.05, 3.63) is 96.3 Å². The molecule has 1 amide bonds. The van der Waals surface area contributed by atoms with Gasteiger partial charge in [-0.15, -0.1) is 10.2 Å². The number of carbonyl (C=O) groups excluding carboxylic acids is 1. The minimum Gasteiger partial charge on any atom is -0.492 e. The molecule has 0 aliphatic carbocycles. The Morgan fingerprint density at radius 2 is 1.64 bits per heavy atom. The molecule has 0 spiro atoms. The van der Waals surface area contributed by atoms with E-state index in [4.69, 9.17) is 4.74 Å². The van der Waals surface area contributed by atoms with Crippen LogP contribution in [0, 0.1) is 5.82 Å². The van der Waals surface area contributed by atoms with Crippen LogP contribution < -0.4 is 10.1 Å². The lowest BCUT2D eigenvalue weighted by Gasteiger charge is -2.11. The molecule has 33 heavy (non-hydrogen) atoms. The van der Waals surface area contributed by atoms with Gasteiger partial charge in [-0.3, -0.25) is 9.36 Å². The smallest absolute Gasteiger partial charge is 0.230 e. The maximum Gasteiger partial charge on any atom is 0.230 e. The molecule has 168 valence electrons. The lowest BCUT2D eigenvalue weighted by Crippen LogP contribution is -2.29. The number of aromatic nitrogens is 3. The predicted molar refractivity (Wildman–Crippen MR) is 127 cm³/mol. The average molecular weight is 463 g/mol. The number of hydrogen-bond acceptors (Lipinski definition) is 5. The van der Waals surface area contributed by atoms with E-state index in [1.54, 1.807) is 18.2 Å². The van der Waals surface area contributed by atoms with Crippen molar-refractivity contribution in [3.63, 3.8) is 0 Å². The van der Waals surface area contributed by atoms with Gasteiger partial charge in [-0.05, 0) is 29.8 Å². The van der Waals surface area contributed by atoms with E-state index in [-0.39, 0.29) is 17.5 Å². The highest BCUT2D eigenvalue weighted by Gasteiger charge is 2.18. The van der Waals surface area contributed by atoms with Crippen molar-refractivity contribution in [2.24, 2.45) is 0 Å². The highest BCUT2D eigenvalue weighted by molar-refractivity contribution is 7.99. The standard InChI is InChI=1S/C25H23FN4O2S/c26-22-14-8-7-13-21(22)24-28-29-25(30(24)17-19-9-3-1-4-10-19)33-18-23(31)27-15-16-32-20-11-5-2-6-12-20/h1-14H,15-18H2,(H,27,31). The first kappa shape index (κ1) is 22.5. The fraction of sp³-hybridized carbons (Fsp3) is 0.160. The van der Waals surface area contributed by atoms with Crippen LogP contribution in [0.3, 0.4) is 0 Å². The lowest BCUT2D eigenvalue weighted by atomic mass is 10.2. The van der Waals surface area contributed by atoms with E-state index in [1.807, 2.05) is 65.2 Å². The van der Waals surface area contributed by atoms with Gasteiger partial charge >= 0.3 is 0 Å². The number of thioether (sulfide) groups is 1. The molecule has 4 rings (SSSR count). The first-order chi connectivity index (χ1) is 16.2. The van der Waals surface area contributed by atoms with Crippen molar-refractivity contribution in [2.45, 2.75) is 11.7 Å². The summed E-state index contributed by atoms with van der Waals surface area (Å²) in [6, 6.07) is 25.7. The van der Waals surface area contributed by atoms with Crippen molar-refractivity contribution in [3.8, 4) is 17.1 Å². The molecule has 3 aromatic carbocycles. The van der Waals surface area contributed by atoms with Gasteiger partial charge < -0.3 is 10.1 Å². The van der Waals surface area contributed by atoms with Crippen LogP contribution in [0.15, 0.2) is 90.1 Å². The normalized spacial score (nSPS) is 10.7. The average Bonchev–Trinajstić information content (AvgIpc) is 3.24. The van der Waals surface area contributed by atoms with Crippen molar-refractivity contribution in [2.75, 3.05) is 18.9 Å². The van der Waals surface area contributed by atoms with Crippen molar-refractivity contribution >= 4 is 17.7 Å². The van der Waals surface area contributed by atoms with Crippen molar-refractivity contribution < 1.29 is 13.9 Å². The Balaban J connectivity index is 1.40. The quantitative estimate of drug-likeness (QED) is 0.279. The van der Waals surface area contributed by atoms with Gasteiger partial charge in [0.1, 0.15) is 18.2 Å². The Labute approximate surface area is 195 Å². The third-order valence-electron chi connectivity index (χ3n) is 4.78. The summed E-state index contributed by atoms with van der Waals surface area (Å²) in [5.74, 6) is 0.840. The van der Waals surface area contributed by atoms with E-state index in [0.29, 0.717) is 36.2 Å². The Morgan fingerprint density at radius 3 is 2.39 bits per heavy atom. The van der Waals surface area contributed by atoms with Crippen LogP contribution in [0.5, 0.6) is 5.75 Å². The summed E-state index contributed by atoms with van der Waals surface area (Å²) in [5.41, 5.74) is 1.40. The van der Waals surface area contributed by atoms with Gasteiger partial charge in [-0.2, -0.15) is 0 Å². The maximum absolute atomic E-state index is 14.4. The van der Waals surface area contributed by atoms with E-state index in [2.05, 4.69) is 15.5 Å². The van der Waals surface area contributed by atoms with Gasteiger partial charge in [-0.25, -0.2) is 4.39 Å². The largest absolute Gasteiger partial charge is 0.492 e. The number of amides is 1. The molecule has 1 N–H and O–H groups in total. The van der Waals surface area contributed by atoms with Crippen LogP contribution in [0.2, 0.25) is 0 Å². The number of para-hydroxylation sites is 1. The molecular formula is C25H23FN4O2S. The second-order valence-electron chi connectivity index (χ2n) is 7.16. The number of nitrogens with one attached hydrogen (secondary N) is 1. The van der Waals surface area contributed by atoms with Gasteiger partial charge in [0.15, 0.2) is 11.0 Å². The molecule has 1 heterocycles. The molecule has 0 saturated carbocycles. The number of hydrogen-bond donors (Lipinski definition) is 1. The topological polar surface area (TPSA) is 69.0 Å². The molecule has 6 nitrogen and oxygen atoms in total. The van der Waals surface area contributed by atoms with Crippen LogP contribution in [-0.2, 0) is 11.3 Å². The SMILES string of the molecule is O=C(CSc1nnc(-c2ccccc2F)n1Cc1ccccc1)NCCOc1ccccc1. The minimum absolute atomic E-state index is 0.140. The summed E-state index contributed by atoms with van der Waals surface area (Å²) in [6.07, 6.45) is 0. The molecule has 0 aliphatic heterocycles. The zero-order valence-electron chi connectivity index (χ0n) is 17.9. The first-order valence-electron chi connectivity index (χ1n) is 10.5. The number of ether oxygens (including phenoxy) is 1. The number of benzene rings is 3. The summed E-state index contributed by atoms with van der Waals surface area (Å²) in [4.78, 5) is 12.3. The van der Waals surface area contributed by atoms with E-state index >= 15 is 0 Å². The summed E-state index contributed by atoms with van der Waals surface area (Å²) >= 11 is 1.26. The molecule has 0 bridgehead atoms. The molecule has 0 unspecified atom stereocenters. The number of rotatable bonds is 10. The Kier molecular flexibility index (Phi) is 7.71. The predicted octanol–water partition coefficient (Wildman–Crippen LogP) is 4.42. The van der Waals surface area contributed by atoms with Gasteiger partial charge in [0.05, 0.1) is 24.4 Å². The Hall–Kier alpha value is -3.65. The first-order valence-corrected chi connectivity index (χ1v) is 11.5. The Bertz CT molecular complexity index is 1190. The third-order valence-corrected chi connectivity index (χ3v) is 5.75. The highest BCUT2D eigenvalue weighted by atomic mass is 32.2. The van der Waals surface area contributed by atoms with Gasteiger partial charge in [0.2, 0.25) is 5.91 Å². The fourth-order valence-electron chi connectivity index (χ4n) is 3.20. The summed E-state index contributed by atoms with van der Waals surface area (Å²) in [6.45, 7) is 1.24.